The second-order valence-electron chi connectivity index (χ2n) is 3.80. The van der Waals surface area contributed by atoms with Gasteiger partial charge in [0.05, 0.1) is 5.69 Å². The molecule has 0 atom stereocenters. The van der Waals surface area contributed by atoms with E-state index in [4.69, 9.17) is 0 Å². The van der Waals surface area contributed by atoms with Gasteiger partial charge >= 0.3 is 0 Å². The predicted octanol–water partition coefficient (Wildman–Crippen LogP) is 3.66. The summed E-state index contributed by atoms with van der Waals surface area (Å²) in [5.41, 5.74) is 2.26. The summed E-state index contributed by atoms with van der Waals surface area (Å²) in [6, 6.07) is 10.3. The Labute approximate surface area is 101 Å². The number of hydrogen-bond acceptors (Lipinski definition) is 3. The normalized spacial score (nSPS) is 10.4. The molecule has 2 rings (SSSR count). The number of hydrogen-bond donors (Lipinski definition) is 0. The van der Waals surface area contributed by atoms with Gasteiger partial charge < -0.3 is 4.90 Å². The Morgan fingerprint density at radius 2 is 2.00 bits per heavy atom. The lowest BCUT2D eigenvalue weighted by Crippen LogP contribution is -2.17. The van der Waals surface area contributed by atoms with E-state index in [0.717, 1.165) is 23.8 Å². The van der Waals surface area contributed by atoms with Gasteiger partial charge in [-0.3, -0.25) is 0 Å². The fraction of sp³-hybridized carbons (Fsp3) is 0.308. The van der Waals surface area contributed by atoms with Crippen LogP contribution in [0.1, 0.15) is 13.3 Å². The van der Waals surface area contributed by atoms with Crippen molar-refractivity contribution in [3.05, 3.63) is 35.7 Å². The highest BCUT2D eigenvalue weighted by molar-refractivity contribution is 7.14. The van der Waals surface area contributed by atoms with Gasteiger partial charge in [0.2, 0.25) is 0 Å². The minimum Gasteiger partial charge on any atom is -0.351 e. The zero-order valence-corrected chi connectivity index (χ0v) is 10.5. The molecule has 0 aliphatic carbocycles. The van der Waals surface area contributed by atoms with E-state index in [-0.39, 0.29) is 0 Å². The number of aromatic nitrogens is 1. The summed E-state index contributed by atoms with van der Waals surface area (Å²) in [6.07, 6.45) is 1.15. The molecule has 0 saturated heterocycles. The van der Waals surface area contributed by atoms with Crippen molar-refractivity contribution in [2.45, 2.75) is 13.3 Å². The molecule has 0 aliphatic rings. The largest absolute Gasteiger partial charge is 0.351 e. The first kappa shape index (κ1) is 11.1. The standard InChI is InChI=1S/C13H16N2S/c1-3-9-15(2)13-14-12(10-16-13)11-7-5-4-6-8-11/h4-8,10H,3,9H2,1-2H3. The van der Waals surface area contributed by atoms with E-state index in [1.165, 1.54) is 5.56 Å². The van der Waals surface area contributed by atoms with Gasteiger partial charge in [-0.05, 0) is 6.42 Å². The molecule has 0 radical (unpaired) electrons. The Kier molecular flexibility index (Phi) is 3.57. The van der Waals surface area contributed by atoms with Crippen LogP contribution in [0.3, 0.4) is 0 Å². The summed E-state index contributed by atoms with van der Waals surface area (Å²) in [4.78, 5) is 6.85. The highest BCUT2D eigenvalue weighted by Gasteiger charge is 2.06. The third kappa shape index (κ3) is 2.42. The Morgan fingerprint density at radius 3 is 2.69 bits per heavy atom. The van der Waals surface area contributed by atoms with Crippen molar-refractivity contribution in [3.63, 3.8) is 0 Å². The third-order valence-electron chi connectivity index (χ3n) is 2.45. The molecule has 3 heteroatoms. The van der Waals surface area contributed by atoms with Gasteiger partial charge in [0, 0.05) is 24.5 Å². The van der Waals surface area contributed by atoms with E-state index in [9.17, 15) is 0 Å². The Bertz CT molecular complexity index is 436. The van der Waals surface area contributed by atoms with Crippen LogP contribution in [0.5, 0.6) is 0 Å². The van der Waals surface area contributed by atoms with E-state index in [0.29, 0.717) is 0 Å². The van der Waals surface area contributed by atoms with Crippen LogP contribution in [0.2, 0.25) is 0 Å². The second kappa shape index (κ2) is 5.12. The molecular weight excluding hydrogens is 216 g/mol. The fourth-order valence-corrected chi connectivity index (χ4v) is 2.44. The molecule has 0 fully saturated rings. The maximum absolute atomic E-state index is 4.64. The van der Waals surface area contributed by atoms with E-state index in [2.05, 4.69) is 41.4 Å². The van der Waals surface area contributed by atoms with E-state index < -0.39 is 0 Å². The highest BCUT2D eigenvalue weighted by Crippen LogP contribution is 2.26. The fourth-order valence-electron chi connectivity index (χ4n) is 1.61. The molecule has 0 N–H and O–H groups in total. The van der Waals surface area contributed by atoms with E-state index in [1.807, 2.05) is 18.2 Å². The third-order valence-corrected chi connectivity index (χ3v) is 3.40. The van der Waals surface area contributed by atoms with Gasteiger partial charge in [0.15, 0.2) is 5.13 Å². The predicted molar refractivity (Wildman–Crippen MR) is 71.1 cm³/mol. The molecular formula is C13H16N2S. The van der Waals surface area contributed by atoms with Crippen LogP contribution in [0.25, 0.3) is 11.3 Å². The second-order valence-corrected chi connectivity index (χ2v) is 4.64. The summed E-state index contributed by atoms with van der Waals surface area (Å²) in [5.74, 6) is 0. The molecule has 0 saturated carbocycles. The Morgan fingerprint density at radius 1 is 1.25 bits per heavy atom. The molecule has 0 amide bonds. The lowest BCUT2D eigenvalue weighted by atomic mass is 10.2. The number of nitrogens with zero attached hydrogens (tertiary/aromatic N) is 2. The summed E-state index contributed by atoms with van der Waals surface area (Å²) >= 11 is 1.71. The molecule has 1 heterocycles. The minimum absolute atomic E-state index is 1.06. The van der Waals surface area contributed by atoms with Crippen molar-refractivity contribution in [1.29, 1.82) is 0 Å². The van der Waals surface area contributed by atoms with Crippen LogP contribution in [0.4, 0.5) is 5.13 Å². The number of rotatable bonds is 4. The molecule has 2 aromatic rings. The molecule has 16 heavy (non-hydrogen) atoms. The topological polar surface area (TPSA) is 16.1 Å². The first-order valence-electron chi connectivity index (χ1n) is 5.53. The summed E-state index contributed by atoms with van der Waals surface area (Å²) < 4.78 is 0. The average molecular weight is 232 g/mol. The van der Waals surface area contributed by atoms with Crippen LogP contribution < -0.4 is 4.90 Å². The van der Waals surface area contributed by atoms with Crippen molar-refractivity contribution in [3.8, 4) is 11.3 Å². The maximum Gasteiger partial charge on any atom is 0.185 e. The monoisotopic (exact) mass is 232 g/mol. The van der Waals surface area contributed by atoms with Gasteiger partial charge in [-0.15, -0.1) is 11.3 Å². The van der Waals surface area contributed by atoms with Gasteiger partial charge in [-0.1, -0.05) is 37.3 Å². The number of anilines is 1. The number of benzene rings is 1. The van der Waals surface area contributed by atoms with Crippen molar-refractivity contribution in [1.82, 2.24) is 4.98 Å². The highest BCUT2D eigenvalue weighted by atomic mass is 32.1. The average Bonchev–Trinajstić information content (AvgIpc) is 2.80. The smallest absolute Gasteiger partial charge is 0.185 e. The summed E-state index contributed by atoms with van der Waals surface area (Å²) in [6.45, 7) is 3.24. The maximum atomic E-state index is 4.64. The minimum atomic E-state index is 1.06. The van der Waals surface area contributed by atoms with Crippen LogP contribution in [0.15, 0.2) is 35.7 Å². The molecule has 1 aromatic heterocycles. The first-order valence-corrected chi connectivity index (χ1v) is 6.41. The summed E-state index contributed by atoms with van der Waals surface area (Å²) in [7, 11) is 2.09. The molecule has 2 nitrogen and oxygen atoms in total. The lowest BCUT2D eigenvalue weighted by Gasteiger charge is -2.13. The lowest BCUT2D eigenvalue weighted by molar-refractivity contribution is 0.848. The van der Waals surface area contributed by atoms with Gasteiger partial charge in [0.1, 0.15) is 0 Å². The molecule has 1 aromatic carbocycles. The zero-order chi connectivity index (χ0) is 11.4. The quantitative estimate of drug-likeness (QED) is 0.799. The molecule has 0 spiro atoms. The van der Waals surface area contributed by atoms with Crippen molar-refractivity contribution >= 4 is 16.5 Å². The Hall–Kier alpha value is -1.35. The van der Waals surface area contributed by atoms with Crippen LogP contribution in [0, 0.1) is 0 Å². The van der Waals surface area contributed by atoms with Crippen LogP contribution >= 0.6 is 11.3 Å². The van der Waals surface area contributed by atoms with Crippen LogP contribution in [-0.4, -0.2) is 18.6 Å². The zero-order valence-electron chi connectivity index (χ0n) is 9.68. The molecule has 0 aliphatic heterocycles. The SMILES string of the molecule is CCCN(C)c1nc(-c2ccccc2)cs1. The van der Waals surface area contributed by atoms with E-state index >= 15 is 0 Å². The van der Waals surface area contributed by atoms with Gasteiger partial charge in [-0.25, -0.2) is 4.98 Å². The number of thiazole rings is 1. The Balaban J connectivity index is 2.20. The van der Waals surface area contributed by atoms with Crippen LogP contribution in [-0.2, 0) is 0 Å². The summed E-state index contributed by atoms with van der Waals surface area (Å²) in [5, 5.41) is 3.22. The van der Waals surface area contributed by atoms with Crippen molar-refractivity contribution in [2.75, 3.05) is 18.5 Å². The first-order chi connectivity index (χ1) is 7.81. The molecule has 0 bridgehead atoms. The van der Waals surface area contributed by atoms with Gasteiger partial charge in [-0.2, -0.15) is 0 Å². The molecule has 0 unspecified atom stereocenters. The van der Waals surface area contributed by atoms with E-state index in [1.54, 1.807) is 11.3 Å². The van der Waals surface area contributed by atoms with Gasteiger partial charge in [0.25, 0.3) is 0 Å². The van der Waals surface area contributed by atoms with Crippen molar-refractivity contribution in [2.24, 2.45) is 0 Å². The molecule has 84 valence electrons. The van der Waals surface area contributed by atoms with Crippen molar-refractivity contribution < 1.29 is 0 Å².